The van der Waals surface area contributed by atoms with Crippen molar-refractivity contribution >= 4 is 13.2 Å². The second-order valence-electron chi connectivity index (χ2n) is 7.62. The molecule has 3 saturated carbocycles. The van der Waals surface area contributed by atoms with E-state index in [1.54, 1.807) is 0 Å². The first-order valence-corrected chi connectivity index (χ1v) is 15.7. The Labute approximate surface area is 153 Å². The molecule has 3 aliphatic rings. The molecule has 3 fully saturated rings. The maximum atomic E-state index is 6.54. The van der Waals surface area contributed by atoms with E-state index < -0.39 is 15.7 Å². The molecule has 0 bridgehead atoms. The second kappa shape index (κ2) is 9.68. The minimum atomic E-state index is -3.29. The Balaban J connectivity index is 1.59. The van der Waals surface area contributed by atoms with Gasteiger partial charge in [0.1, 0.15) is 0 Å². The zero-order chi connectivity index (χ0) is 16.0. The van der Waals surface area contributed by atoms with Gasteiger partial charge in [0.2, 0.25) is 0 Å². The van der Waals surface area contributed by atoms with E-state index >= 15 is 0 Å². The molecule has 5 heteroatoms. The third-order valence-electron chi connectivity index (χ3n) is 5.58. The molecule has 0 amide bonds. The van der Waals surface area contributed by atoms with E-state index in [0.717, 1.165) is 0 Å². The van der Waals surface area contributed by atoms with Crippen molar-refractivity contribution in [3.8, 4) is 0 Å². The first kappa shape index (κ1) is 18.9. The van der Waals surface area contributed by atoms with Crippen LogP contribution in [0.3, 0.4) is 0 Å². The molecule has 0 aromatic heterocycles. The molecule has 3 aliphatic carbocycles. The van der Waals surface area contributed by atoms with Crippen LogP contribution in [-0.4, -0.2) is 18.3 Å². The molecule has 3 nitrogen and oxygen atoms in total. The summed E-state index contributed by atoms with van der Waals surface area (Å²) in [4.78, 5) is 0. The molecule has 0 N–H and O–H groups in total. The average Bonchev–Trinajstić information content (AvgIpc) is 2.57. The van der Waals surface area contributed by atoms with Gasteiger partial charge in [-0.05, 0) is 0 Å². The summed E-state index contributed by atoms with van der Waals surface area (Å²) >= 11 is 0.624. The quantitative estimate of drug-likeness (QED) is 0.472. The molecule has 0 spiro atoms. The van der Waals surface area contributed by atoms with Crippen molar-refractivity contribution in [2.24, 2.45) is 0 Å². The number of hydrogen-bond acceptors (Lipinski definition) is 3. The van der Waals surface area contributed by atoms with Crippen LogP contribution in [0.5, 0.6) is 0 Å². The molecule has 0 atom stereocenters. The van der Waals surface area contributed by atoms with Crippen LogP contribution in [0.4, 0.5) is 0 Å². The molecule has 0 heterocycles. The summed E-state index contributed by atoms with van der Waals surface area (Å²) < 4.78 is 19.6. The summed E-state index contributed by atoms with van der Waals surface area (Å²) in [6.45, 7) is 0. The van der Waals surface area contributed by atoms with Gasteiger partial charge in [-0.25, -0.2) is 0 Å². The van der Waals surface area contributed by atoms with Crippen molar-refractivity contribution in [2.45, 2.75) is 115 Å². The molecule has 0 aromatic carbocycles. The van der Waals surface area contributed by atoms with E-state index in [0.29, 0.717) is 18.3 Å². The zero-order valence-electron chi connectivity index (χ0n) is 14.4. The second-order valence-corrected chi connectivity index (χ2v) is 14.2. The summed E-state index contributed by atoms with van der Waals surface area (Å²) in [6, 6.07) is 0. The Morgan fingerprint density at radius 1 is 0.478 bits per heavy atom. The van der Waals surface area contributed by atoms with Crippen molar-refractivity contribution in [1.29, 1.82) is 0 Å². The van der Waals surface area contributed by atoms with Crippen molar-refractivity contribution in [1.82, 2.24) is 0 Å². The van der Waals surface area contributed by atoms with Gasteiger partial charge < -0.3 is 0 Å². The molecular weight excluding hydrogens is 392 g/mol. The molecular formula is C18H33BrO3Ti. The van der Waals surface area contributed by atoms with E-state index in [2.05, 4.69) is 13.2 Å². The van der Waals surface area contributed by atoms with E-state index in [9.17, 15) is 0 Å². The molecule has 0 saturated heterocycles. The fourth-order valence-corrected chi connectivity index (χ4v) is 10.7. The van der Waals surface area contributed by atoms with E-state index in [1.807, 2.05) is 0 Å². The number of hydrogen-bond donors (Lipinski definition) is 0. The van der Waals surface area contributed by atoms with Crippen LogP contribution < -0.4 is 0 Å². The molecule has 0 aliphatic heterocycles. The van der Waals surface area contributed by atoms with Crippen LogP contribution in [0.15, 0.2) is 0 Å². The van der Waals surface area contributed by atoms with Crippen molar-refractivity contribution in [3.05, 3.63) is 0 Å². The summed E-state index contributed by atoms with van der Waals surface area (Å²) in [6.07, 6.45) is 20.0. The minimum absolute atomic E-state index is 0.357. The molecule has 3 rings (SSSR count). The summed E-state index contributed by atoms with van der Waals surface area (Å²) in [5.74, 6) is 0. The van der Waals surface area contributed by atoms with E-state index in [4.69, 9.17) is 9.96 Å². The summed E-state index contributed by atoms with van der Waals surface area (Å²) in [7, 11) is 0. The number of halogens is 1. The first-order chi connectivity index (χ1) is 11.2. The fourth-order valence-electron chi connectivity index (χ4n) is 4.23. The van der Waals surface area contributed by atoms with Crippen molar-refractivity contribution in [2.75, 3.05) is 0 Å². The van der Waals surface area contributed by atoms with Crippen LogP contribution in [0.2, 0.25) is 0 Å². The van der Waals surface area contributed by atoms with Gasteiger partial charge in [0.05, 0.1) is 0 Å². The standard InChI is InChI=1S/3C6H11O.BrH.Ti/c3*7-6-4-2-1-3-5-6;;/h3*6H,1-5H2;1H;/q3*-1;;+4/p-1. The third kappa shape index (κ3) is 6.38. The van der Waals surface area contributed by atoms with E-state index in [-0.39, 0.29) is 0 Å². The van der Waals surface area contributed by atoms with Gasteiger partial charge in [-0.2, -0.15) is 0 Å². The normalized spacial score (nSPS) is 26.5. The molecule has 0 aromatic rings. The Kier molecular flexibility index (Phi) is 7.94. The van der Waals surface area contributed by atoms with Crippen molar-refractivity contribution in [3.63, 3.8) is 0 Å². The molecule has 0 radical (unpaired) electrons. The predicted molar refractivity (Wildman–Crippen MR) is 92.8 cm³/mol. The molecule has 134 valence electrons. The maximum absolute atomic E-state index is 6.54. The van der Waals surface area contributed by atoms with Crippen LogP contribution in [0, 0.1) is 0 Å². The number of rotatable bonds is 6. The average molecular weight is 425 g/mol. The van der Waals surface area contributed by atoms with Gasteiger partial charge in [0.15, 0.2) is 0 Å². The monoisotopic (exact) mass is 424 g/mol. The van der Waals surface area contributed by atoms with Gasteiger partial charge in [-0.3, -0.25) is 0 Å². The van der Waals surface area contributed by atoms with Crippen LogP contribution in [-0.2, 0) is 25.6 Å². The Morgan fingerprint density at radius 2 is 0.739 bits per heavy atom. The van der Waals surface area contributed by atoms with Gasteiger partial charge >= 0.3 is 153 Å². The predicted octanol–water partition coefficient (Wildman–Crippen LogP) is 6.24. The summed E-state index contributed by atoms with van der Waals surface area (Å²) in [5.41, 5.74) is 0. The summed E-state index contributed by atoms with van der Waals surface area (Å²) in [5, 5.41) is 0. The third-order valence-corrected chi connectivity index (χ3v) is 10.8. The topological polar surface area (TPSA) is 27.7 Å². The van der Waals surface area contributed by atoms with Gasteiger partial charge in [0, 0.05) is 0 Å². The fraction of sp³-hybridized carbons (Fsp3) is 1.00. The molecule has 23 heavy (non-hydrogen) atoms. The van der Waals surface area contributed by atoms with Crippen LogP contribution in [0.1, 0.15) is 96.3 Å². The first-order valence-electron chi connectivity index (χ1n) is 9.96. The van der Waals surface area contributed by atoms with Crippen LogP contribution in [0.25, 0.3) is 0 Å². The van der Waals surface area contributed by atoms with Gasteiger partial charge in [0.25, 0.3) is 0 Å². The van der Waals surface area contributed by atoms with Crippen molar-refractivity contribution < 1.29 is 25.6 Å². The van der Waals surface area contributed by atoms with E-state index in [1.165, 1.54) is 96.3 Å². The molecule has 0 unspecified atom stereocenters. The zero-order valence-corrected chi connectivity index (χ0v) is 17.6. The van der Waals surface area contributed by atoms with Crippen LogP contribution >= 0.6 is 13.2 Å². The Bertz CT molecular complexity index is 287. The van der Waals surface area contributed by atoms with Gasteiger partial charge in [-0.1, -0.05) is 0 Å². The SMILES string of the molecule is [Br][Ti]([O]C1CCCCC1)([O]C1CCCCC1)[O]C1CCCCC1. The Morgan fingerprint density at radius 3 is 1.00 bits per heavy atom. The van der Waals surface area contributed by atoms with Gasteiger partial charge in [-0.15, -0.1) is 0 Å². The Hall–Kier alpha value is 1.07.